The quantitative estimate of drug-likeness (QED) is 0.609. The van der Waals surface area contributed by atoms with E-state index >= 15 is 0 Å². The highest BCUT2D eigenvalue weighted by Crippen LogP contribution is 2.28. The molecule has 1 aliphatic rings. The first-order valence-electron chi connectivity index (χ1n) is 5.49. The predicted octanol–water partition coefficient (Wildman–Crippen LogP) is 3.65. The molecular weight excluding hydrogens is 172 g/mol. The number of ether oxygens (including phenoxy) is 1. The zero-order chi connectivity index (χ0) is 10.6. The van der Waals surface area contributed by atoms with Crippen LogP contribution in [0.3, 0.4) is 0 Å². The van der Waals surface area contributed by atoms with Crippen molar-refractivity contribution in [3.8, 4) is 0 Å². The average molecular weight is 192 g/mol. The number of benzene rings is 1. The molecule has 0 N–H and O–H groups in total. The fourth-order valence-electron chi connectivity index (χ4n) is 1.97. The van der Waals surface area contributed by atoms with E-state index in [0.717, 1.165) is 13.0 Å². The van der Waals surface area contributed by atoms with E-state index in [1.54, 1.807) is 0 Å². The van der Waals surface area contributed by atoms with Gasteiger partial charge < -0.3 is 4.74 Å². The van der Waals surface area contributed by atoms with E-state index in [-0.39, 0.29) is 6.10 Å². The summed E-state index contributed by atoms with van der Waals surface area (Å²) in [5.74, 6) is 0. The zero-order valence-corrected chi connectivity index (χ0v) is 9.63. The van der Waals surface area contributed by atoms with Crippen LogP contribution in [0.25, 0.3) is 0 Å². The molecule has 0 aliphatic carbocycles. The highest BCUT2D eigenvalue weighted by Gasteiger charge is 2.17. The normalized spacial score (nSPS) is 19.3. The van der Waals surface area contributed by atoms with Gasteiger partial charge in [0, 0.05) is 0 Å². The maximum Gasteiger partial charge on any atom is 0.0802 e. The summed E-state index contributed by atoms with van der Waals surface area (Å²) in [5, 5.41) is 0. The standard InChI is InChI=1S/C11H14O.C2H6/c1-8-4-3-5-10-6-7-12-9(2)11(8)10;1-2/h3-5,9H,6-7H2,1-2H3;1-2H3. The third-order valence-electron chi connectivity index (χ3n) is 2.56. The lowest BCUT2D eigenvalue weighted by molar-refractivity contribution is 0.0550. The molecule has 1 aromatic rings. The molecule has 1 nitrogen and oxygen atoms in total. The van der Waals surface area contributed by atoms with Crippen LogP contribution in [0.2, 0.25) is 0 Å². The molecule has 14 heavy (non-hydrogen) atoms. The Labute approximate surface area is 87.1 Å². The van der Waals surface area contributed by atoms with Crippen molar-refractivity contribution >= 4 is 0 Å². The Hall–Kier alpha value is -0.820. The second-order valence-corrected chi connectivity index (χ2v) is 3.41. The van der Waals surface area contributed by atoms with Gasteiger partial charge in [0.15, 0.2) is 0 Å². The lowest BCUT2D eigenvalue weighted by Crippen LogP contribution is -2.14. The van der Waals surface area contributed by atoms with Crippen LogP contribution in [0.1, 0.15) is 43.6 Å². The second kappa shape index (κ2) is 5.16. The number of hydrogen-bond acceptors (Lipinski definition) is 1. The third-order valence-corrected chi connectivity index (χ3v) is 2.56. The van der Waals surface area contributed by atoms with Gasteiger partial charge in [0.05, 0.1) is 12.7 Å². The maximum atomic E-state index is 5.59. The van der Waals surface area contributed by atoms with Crippen LogP contribution in [0, 0.1) is 6.92 Å². The largest absolute Gasteiger partial charge is 0.373 e. The molecule has 0 amide bonds. The number of fused-ring (bicyclic) bond motifs is 1. The Kier molecular flexibility index (Phi) is 4.15. The molecule has 1 aromatic carbocycles. The van der Waals surface area contributed by atoms with Crippen molar-refractivity contribution in [2.45, 2.75) is 40.2 Å². The van der Waals surface area contributed by atoms with E-state index in [9.17, 15) is 0 Å². The van der Waals surface area contributed by atoms with Gasteiger partial charge in [-0.3, -0.25) is 0 Å². The lowest BCUT2D eigenvalue weighted by Gasteiger charge is -2.24. The van der Waals surface area contributed by atoms with Gasteiger partial charge in [0.2, 0.25) is 0 Å². The average Bonchev–Trinajstić information content (AvgIpc) is 2.21. The predicted molar refractivity (Wildman–Crippen MR) is 60.6 cm³/mol. The SMILES string of the molecule is CC.Cc1cccc2c1C(C)OCC2. The monoisotopic (exact) mass is 192 g/mol. The molecule has 0 fully saturated rings. The fraction of sp³-hybridized carbons (Fsp3) is 0.538. The van der Waals surface area contributed by atoms with E-state index in [4.69, 9.17) is 4.74 Å². The van der Waals surface area contributed by atoms with Crippen molar-refractivity contribution in [3.63, 3.8) is 0 Å². The van der Waals surface area contributed by atoms with Crippen molar-refractivity contribution in [1.29, 1.82) is 0 Å². The molecule has 0 radical (unpaired) electrons. The van der Waals surface area contributed by atoms with Gasteiger partial charge in [-0.15, -0.1) is 0 Å². The summed E-state index contributed by atoms with van der Waals surface area (Å²) in [4.78, 5) is 0. The number of aryl methyl sites for hydroxylation is 1. The second-order valence-electron chi connectivity index (χ2n) is 3.41. The minimum atomic E-state index is 0.287. The van der Waals surface area contributed by atoms with E-state index in [1.807, 2.05) is 13.8 Å². The van der Waals surface area contributed by atoms with Gasteiger partial charge in [0.25, 0.3) is 0 Å². The first-order valence-corrected chi connectivity index (χ1v) is 5.49. The number of rotatable bonds is 0. The van der Waals surface area contributed by atoms with Crippen LogP contribution >= 0.6 is 0 Å². The highest BCUT2D eigenvalue weighted by molar-refractivity contribution is 5.37. The molecule has 1 atom stereocenters. The molecule has 1 heteroatoms. The van der Waals surface area contributed by atoms with Crippen LogP contribution < -0.4 is 0 Å². The smallest absolute Gasteiger partial charge is 0.0802 e. The van der Waals surface area contributed by atoms with Crippen LogP contribution in [0.4, 0.5) is 0 Å². The lowest BCUT2D eigenvalue weighted by atomic mass is 9.94. The molecule has 0 aromatic heterocycles. The molecule has 0 bridgehead atoms. The Morgan fingerprint density at radius 1 is 1.29 bits per heavy atom. The molecule has 1 unspecified atom stereocenters. The number of hydrogen-bond donors (Lipinski definition) is 0. The fourth-order valence-corrected chi connectivity index (χ4v) is 1.97. The van der Waals surface area contributed by atoms with E-state index in [0.29, 0.717) is 0 Å². The van der Waals surface area contributed by atoms with E-state index in [1.165, 1.54) is 16.7 Å². The highest BCUT2D eigenvalue weighted by atomic mass is 16.5. The minimum absolute atomic E-state index is 0.287. The van der Waals surface area contributed by atoms with Crippen molar-refractivity contribution in [2.24, 2.45) is 0 Å². The molecule has 0 saturated heterocycles. The molecule has 1 aliphatic heterocycles. The Morgan fingerprint density at radius 3 is 2.64 bits per heavy atom. The summed E-state index contributed by atoms with van der Waals surface area (Å²) in [5.41, 5.74) is 4.23. The van der Waals surface area contributed by atoms with Crippen LogP contribution in [-0.2, 0) is 11.2 Å². The summed E-state index contributed by atoms with van der Waals surface area (Å²) >= 11 is 0. The summed E-state index contributed by atoms with van der Waals surface area (Å²) < 4.78 is 5.59. The van der Waals surface area contributed by atoms with Gasteiger partial charge in [-0.05, 0) is 37.0 Å². The Bertz CT molecular complexity index is 291. The zero-order valence-electron chi connectivity index (χ0n) is 9.63. The summed E-state index contributed by atoms with van der Waals surface area (Å²) in [6.45, 7) is 9.16. The first-order chi connectivity index (χ1) is 6.79. The molecule has 2 rings (SSSR count). The summed E-state index contributed by atoms with van der Waals surface area (Å²) in [7, 11) is 0. The first kappa shape index (κ1) is 11.3. The van der Waals surface area contributed by atoms with Crippen molar-refractivity contribution in [2.75, 3.05) is 6.61 Å². The van der Waals surface area contributed by atoms with Crippen LogP contribution in [0.15, 0.2) is 18.2 Å². The topological polar surface area (TPSA) is 9.23 Å². The maximum absolute atomic E-state index is 5.59. The van der Waals surface area contributed by atoms with Crippen molar-refractivity contribution in [1.82, 2.24) is 0 Å². The summed E-state index contributed by atoms with van der Waals surface area (Å²) in [6.07, 6.45) is 1.36. The molecule has 0 saturated carbocycles. The van der Waals surface area contributed by atoms with Gasteiger partial charge in [0.1, 0.15) is 0 Å². The Morgan fingerprint density at radius 2 is 2.00 bits per heavy atom. The van der Waals surface area contributed by atoms with Gasteiger partial charge in [-0.1, -0.05) is 32.0 Å². The molecule has 1 heterocycles. The third kappa shape index (κ3) is 2.16. The van der Waals surface area contributed by atoms with Crippen LogP contribution in [0.5, 0.6) is 0 Å². The Balaban J connectivity index is 0.000000461. The van der Waals surface area contributed by atoms with Gasteiger partial charge in [-0.25, -0.2) is 0 Å². The van der Waals surface area contributed by atoms with Crippen molar-refractivity contribution in [3.05, 3.63) is 34.9 Å². The van der Waals surface area contributed by atoms with Crippen LogP contribution in [-0.4, -0.2) is 6.61 Å². The molecule has 78 valence electrons. The molecule has 0 spiro atoms. The van der Waals surface area contributed by atoms with E-state index in [2.05, 4.69) is 32.0 Å². The van der Waals surface area contributed by atoms with E-state index < -0.39 is 0 Å². The van der Waals surface area contributed by atoms with Gasteiger partial charge in [-0.2, -0.15) is 0 Å². The van der Waals surface area contributed by atoms with Gasteiger partial charge >= 0.3 is 0 Å². The summed E-state index contributed by atoms with van der Waals surface area (Å²) in [6, 6.07) is 6.50. The minimum Gasteiger partial charge on any atom is -0.373 e. The molecular formula is C13H20O. The van der Waals surface area contributed by atoms with Crippen molar-refractivity contribution < 1.29 is 4.74 Å².